The Morgan fingerprint density at radius 2 is 1.63 bits per heavy atom. The molecule has 8 nitrogen and oxygen atoms in total. The second-order valence-electron chi connectivity index (χ2n) is 14.6. The van der Waals surface area contributed by atoms with Crippen LogP contribution in [-0.4, -0.2) is 68.5 Å². The Morgan fingerprint density at radius 3 is 2.29 bits per heavy atom. The fourth-order valence-corrected chi connectivity index (χ4v) is 10.9. The Morgan fingerprint density at radius 1 is 0.974 bits per heavy atom. The van der Waals surface area contributed by atoms with Crippen LogP contribution in [0, 0.1) is 51.2 Å². The molecule has 0 amide bonds. The quantitative estimate of drug-likeness (QED) is 0.348. The SMILES string of the molecule is CC1C[C@]2(O)C[C@@H](C)C(=O)OCC3(C)C4C[C@@H](O)C5=C(C(=O)[C@@H](O)[C@]6(C)C1[C@@H]2C(=O)[C@@]56C)[C@@]4(C)CC[C@@H]3O. The minimum absolute atomic E-state index is 0.0220. The normalized spacial score (nSPS) is 57.9. The number of carbonyl (C=O) groups excluding carboxylic acids is 3. The van der Waals surface area contributed by atoms with Gasteiger partial charge < -0.3 is 25.2 Å². The van der Waals surface area contributed by atoms with E-state index in [1.54, 1.807) is 20.8 Å². The Labute approximate surface area is 223 Å². The van der Waals surface area contributed by atoms with Gasteiger partial charge in [0, 0.05) is 16.4 Å². The number of hydrogen-bond acceptors (Lipinski definition) is 8. The van der Waals surface area contributed by atoms with Crippen molar-refractivity contribution in [3.8, 4) is 0 Å². The molecule has 210 valence electrons. The lowest BCUT2D eigenvalue weighted by Crippen LogP contribution is -2.65. The number of aliphatic hydroxyl groups excluding tert-OH is 3. The van der Waals surface area contributed by atoms with Gasteiger partial charge in [-0.1, -0.05) is 34.6 Å². The van der Waals surface area contributed by atoms with Crippen LogP contribution in [0.25, 0.3) is 0 Å². The van der Waals surface area contributed by atoms with Crippen molar-refractivity contribution in [1.82, 2.24) is 0 Å². The third-order valence-corrected chi connectivity index (χ3v) is 12.9. The number of fused-ring (bicyclic) bond motifs is 6. The molecule has 2 aliphatic heterocycles. The van der Waals surface area contributed by atoms with Gasteiger partial charge in [-0.15, -0.1) is 0 Å². The zero-order valence-electron chi connectivity index (χ0n) is 23.3. The molecule has 38 heavy (non-hydrogen) atoms. The highest BCUT2D eigenvalue weighted by molar-refractivity contribution is 6.08. The molecule has 4 N–H and O–H groups in total. The zero-order valence-corrected chi connectivity index (χ0v) is 23.3. The van der Waals surface area contributed by atoms with E-state index in [4.69, 9.17) is 4.74 Å². The number of Topliss-reactive ketones (excluding diaryl/α,β-unsaturated/α-hetero) is 2. The molecule has 7 rings (SSSR count). The molecule has 0 spiro atoms. The molecule has 13 atom stereocenters. The third kappa shape index (κ3) is 2.69. The van der Waals surface area contributed by atoms with E-state index in [2.05, 4.69) is 0 Å². The lowest BCUT2D eigenvalue weighted by atomic mass is 9.41. The highest BCUT2D eigenvalue weighted by atomic mass is 16.5. The van der Waals surface area contributed by atoms with Gasteiger partial charge in [0.1, 0.15) is 11.9 Å². The van der Waals surface area contributed by atoms with Gasteiger partial charge in [0.25, 0.3) is 0 Å². The first-order chi connectivity index (χ1) is 17.5. The smallest absolute Gasteiger partial charge is 0.308 e. The van der Waals surface area contributed by atoms with Gasteiger partial charge in [-0.05, 0) is 67.8 Å². The predicted octanol–water partition coefficient (Wildman–Crippen LogP) is 1.96. The van der Waals surface area contributed by atoms with Crippen LogP contribution in [0.3, 0.4) is 0 Å². The lowest BCUT2D eigenvalue weighted by molar-refractivity contribution is -0.179. The van der Waals surface area contributed by atoms with Crippen molar-refractivity contribution in [2.45, 2.75) is 97.6 Å². The Kier molecular flexibility index (Phi) is 5.30. The van der Waals surface area contributed by atoms with E-state index in [-0.39, 0.29) is 37.6 Å². The number of rotatable bonds is 0. The first-order valence-corrected chi connectivity index (χ1v) is 14.3. The van der Waals surface area contributed by atoms with Crippen molar-refractivity contribution in [2.24, 2.45) is 51.2 Å². The van der Waals surface area contributed by atoms with Crippen molar-refractivity contribution in [1.29, 1.82) is 0 Å². The summed E-state index contributed by atoms with van der Waals surface area (Å²) in [7, 11) is 0. The maximum absolute atomic E-state index is 14.7. The average Bonchev–Trinajstić information content (AvgIpc) is 3.22. The summed E-state index contributed by atoms with van der Waals surface area (Å²) in [5, 5.41) is 47.0. The average molecular weight is 531 g/mol. The van der Waals surface area contributed by atoms with Crippen molar-refractivity contribution >= 4 is 17.5 Å². The van der Waals surface area contributed by atoms with E-state index in [0.717, 1.165) is 0 Å². The van der Waals surface area contributed by atoms with E-state index >= 15 is 0 Å². The zero-order chi connectivity index (χ0) is 28.0. The van der Waals surface area contributed by atoms with E-state index < -0.39 is 81.0 Å². The number of carbonyl (C=O) groups is 3. The van der Waals surface area contributed by atoms with Crippen LogP contribution in [0.5, 0.6) is 0 Å². The summed E-state index contributed by atoms with van der Waals surface area (Å²) in [6.45, 7) is 10.9. The van der Waals surface area contributed by atoms with Gasteiger partial charge in [0.05, 0.1) is 41.7 Å². The molecular weight excluding hydrogens is 488 g/mol. The minimum Gasteiger partial charge on any atom is -0.465 e. The monoisotopic (exact) mass is 530 g/mol. The standard InChI is InChI=1S/C30H42O8/c1-13-10-30(37)11-14(2)25(36)38-12-27(4)16-9-15(31)19-20(26(16,3)8-7-17(27)32)22(33)24(35)28(5)18(13)21(30)23(34)29(19,28)6/h13-18,21,24,31-32,35,37H,7-12H2,1-6H3/t13?,14-,15-,16?,17+,18?,21-,24-,26+,27?,28+,29-,30+/m1/s1. The summed E-state index contributed by atoms with van der Waals surface area (Å²) < 4.78 is 5.81. The Balaban J connectivity index is 1.69. The molecule has 3 saturated carbocycles. The van der Waals surface area contributed by atoms with E-state index in [0.29, 0.717) is 24.0 Å². The number of hydrogen-bond donors (Lipinski definition) is 4. The van der Waals surface area contributed by atoms with Crippen molar-refractivity contribution in [3.63, 3.8) is 0 Å². The third-order valence-electron chi connectivity index (χ3n) is 12.9. The van der Waals surface area contributed by atoms with Crippen LogP contribution in [0.4, 0.5) is 0 Å². The number of aliphatic hydroxyl groups is 4. The van der Waals surface area contributed by atoms with Crippen LogP contribution >= 0.6 is 0 Å². The van der Waals surface area contributed by atoms with Gasteiger partial charge in [-0.2, -0.15) is 0 Å². The maximum Gasteiger partial charge on any atom is 0.308 e. The Hall–Kier alpha value is -1.61. The highest BCUT2D eigenvalue weighted by Crippen LogP contribution is 2.75. The van der Waals surface area contributed by atoms with Crippen molar-refractivity contribution < 1.29 is 39.5 Å². The molecule has 4 unspecified atom stereocenters. The number of ketones is 2. The summed E-state index contributed by atoms with van der Waals surface area (Å²) in [5.41, 5.74) is -5.17. The largest absolute Gasteiger partial charge is 0.465 e. The molecule has 7 bridgehead atoms. The molecule has 0 aromatic carbocycles. The fourth-order valence-electron chi connectivity index (χ4n) is 10.9. The number of esters is 1. The highest BCUT2D eigenvalue weighted by Gasteiger charge is 2.80. The van der Waals surface area contributed by atoms with Crippen LogP contribution in [0.1, 0.15) is 73.6 Å². The second-order valence-corrected chi connectivity index (χ2v) is 14.6. The molecule has 7 aliphatic rings. The van der Waals surface area contributed by atoms with Crippen LogP contribution < -0.4 is 0 Å². The molecule has 5 aliphatic carbocycles. The fraction of sp³-hybridized carbons (Fsp3) is 0.833. The predicted molar refractivity (Wildman–Crippen MR) is 135 cm³/mol. The van der Waals surface area contributed by atoms with Gasteiger partial charge in [-0.25, -0.2) is 0 Å². The van der Waals surface area contributed by atoms with E-state index in [1.165, 1.54) is 0 Å². The summed E-state index contributed by atoms with van der Waals surface area (Å²) in [5.74, 6) is -3.90. The number of ether oxygens (including phenoxy) is 1. The van der Waals surface area contributed by atoms with Crippen molar-refractivity contribution in [3.05, 3.63) is 11.1 Å². The van der Waals surface area contributed by atoms with Crippen LogP contribution in [0.2, 0.25) is 0 Å². The summed E-state index contributed by atoms with van der Waals surface area (Å²) in [4.78, 5) is 42.2. The topological polar surface area (TPSA) is 141 Å². The molecular formula is C30H42O8. The Bertz CT molecular complexity index is 1180. The molecule has 1 saturated heterocycles. The summed E-state index contributed by atoms with van der Waals surface area (Å²) >= 11 is 0. The minimum atomic E-state index is -1.51. The van der Waals surface area contributed by atoms with Gasteiger partial charge in [0.15, 0.2) is 5.78 Å². The van der Waals surface area contributed by atoms with Gasteiger partial charge in [0.2, 0.25) is 0 Å². The lowest BCUT2D eigenvalue weighted by Gasteiger charge is -2.62. The molecule has 0 radical (unpaired) electrons. The summed E-state index contributed by atoms with van der Waals surface area (Å²) in [6.07, 6.45) is -2.15. The van der Waals surface area contributed by atoms with Crippen LogP contribution in [-0.2, 0) is 19.1 Å². The van der Waals surface area contributed by atoms with Crippen molar-refractivity contribution in [2.75, 3.05) is 6.61 Å². The van der Waals surface area contributed by atoms with Gasteiger partial charge in [-0.3, -0.25) is 14.4 Å². The molecule has 8 heteroatoms. The molecule has 4 fully saturated rings. The molecule has 0 aromatic heterocycles. The molecule has 2 heterocycles. The molecule has 0 aromatic rings. The van der Waals surface area contributed by atoms with Crippen LogP contribution in [0.15, 0.2) is 11.1 Å². The first kappa shape index (κ1) is 26.6. The van der Waals surface area contributed by atoms with E-state index in [9.17, 15) is 34.8 Å². The first-order valence-electron chi connectivity index (χ1n) is 14.3. The maximum atomic E-state index is 14.7. The van der Waals surface area contributed by atoms with Gasteiger partial charge >= 0.3 is 5.97 Å². The van der Waals surface area contributed by atoms with E-state index in [1.807, 2.05) is 20.8 Å². The second kappa shape index (κ2) is 7.56. The summed E-state index contributed by atoms with van der Waals surface area (Å²) in [6, 6.07) is 0.